The van der Waals surface area contributed by atoms with Gasteiger partial charge < -0.3 is 14.2 Å². The maximum absolute atomic E-state index is 6.05. The van der Waals surface area contributed by atoms with Crippen LogP contribution >= 0.6 is 0 Å². The maximum Gasteiger partial charge on any atom is 0.185 e. The van der Waals surface area contributed by atoms with Crippen LogP contribution in [0.2, 0.25) is 0 Å². The number of hydrogen-bond donors (Lipinski definition) is 0. The first-order valence-electron chi connectivity index (χ1n) is 14.6. The third-order valence-electron chi connectivity index (χ3n) is 7.45. The molecule has 1 aliphatic rings. The summed E-state index contributed by atoms with van der Waals surface area (Å²) >= 11 is 0. The average Bonchev–Trinajstić information content (AvgIpc) is 2.93. The zero-order valence-electron chi connectivity index (χ0n) is 23.1. The predicted octanol–water partition coefficient (Wildman–Crippen LogP) is 9.15. The van der Waals surface area contributed by atoms with E-state index in [9.17, 15) is 0 Å². The molecule has 1 aromatic heterocycles. The van der Waals surface area contributed by atoms with Crippen molar-refractivity contribution in [2.75, 3.05) is 19.8 Å². The fourth-order valence-corrected chi connectivity index (χ4v) is 4.73. The number of aromatic nitrogens is 1. The summed E-state index contributed by atoms with van der Waals surface area (Å²) in [6, 6.07) is 12.4. The van der Waals surface area contributed by atoms with Crippen LogP contribution in [0.15, 0.2) is 42.6 Å². The van der Waals surface area contributed by atoms with Crippen LogP contribution in [0.4, 0.5) is 0 Å². The van der Waals surface area contributed by atoms with E-state index in [4.69, 9.17) is 14.2 Å². The molecule has 0 spiro atoms. The minimum absolute atomic E-state index is 0.299. The van der Waals surface area contributed by atoms with Gasteiger partial charge in [-0.15, -0.1) is 0 Å². The van der Waals surface area contributed by atoms with E-state index in [1.54, 1.807) is 0 Å². The molecule has 1 atom stereocenters. The molecular formula is C32H49NO3. The summed E-state index contributed by atoms with van der Waals surface area (Å²) in [4.78, 5) is 4.67. The molecule has 36 heavy (non-hydrogen) atoms. The summed E-state index contributed by atoms with van der Waals surface area (Å²) in [5, 5.41) is 0. The van der Waals surface area contributed by atoms with Crippen LogP contribution < -0.4 is 4.74 Å². The quantitative estimate of drug-likeness (QED) is 0.205. The van der Waals surface area contributed by atoms with Crippen molar-refractivity contribution in [1.82, 2.24) is 4.98 Å². The lowest BCUT2D eigenvalue weighted by Gasteiger charge is -2.29. The Morgan fingerprint density at radius 3 is 2.19 bits per heavy atom. The van der Waals surface area contributed by atoms with E-state index >= 15 is 0 Å². The van der Waals surface area contributed by atoms with Crippen LogP contribution in [0.3, 0.4) is 0 Å². The zero-order chi connectivity index (χ0) is 25.4. The van der Waals surface area contributed by atoms with Crippen molar-refractivity contribution < 1.29 is 14.2 Å². The van der Waals surface area contributed by atoms with Gasteiger partial charge in [0.1, 0.15) is 5.75 Å². The molecule has 2 heterocycles. The monoisotopic (exact) mass is 495 g/mol. The fourth-order valence-electron chi connectivity index (χ4n) is 4.73. The van der Waals surface area contributed by atoms with Crippen molar-refractivity contribution in [2.24, 2.45) is 11.8 Å². The molecule has 1 fully saturated rings. The Kier molecular flexibility index (Phi) is 13.3. The molecule has 1 aliphatic heterocycles. The van der Waals surface area contributed by atoms with Crippen molar-refractivity contribution in [2.45, 2.75) is 104 Å². The van der Waals surface area contributed by atoms with Gasteiger partial charge in [0.15, 0.2) is 6.29 Å². The van der Waals surface area contributed by atoms with Gasteiger partial charge in [-0.25, -0.2) is 0 Å². The minimum Gasteiger partial charge on any atom is -0.494 e. The molecule has 0 N–H and O–H groups in total. The largest absolute Gasteiger partial charge is 0.494 e. The van der Waals surface area contributed by atoms with Crippen molar-refractivity contribution in [3.8, 4) is 17.0 Å². The number of nitrogens with zero attached hydrogens (tertiary/aromatic N) is 1. The van der Waals surface area contributed by atoms with Gasteiger partial charge in [-0.3, -0.25) is 4.98 Å². The lowest BCUT2D eigenvalue weighted by atomic mass is 10.0. The molecular weight excluding hydrogens is 446 g/mol. The van der Waals surface area contributed by atoms with Crippen LogP contribution in [0.5, 0.6) is 5.75 Å². The number of benzene rings is 1. The number of ether oxygens (including phenoxy) is 3. The Labute approximate surface area is 220 Å². The smallest absolute Gasteiger partial charge is 0.185 e. The van der Waals surface area contributed by atoms with Crippen molar-refractivity contribution in [1.29, 1.82) is 0 Å². The Morgan fingerprint density at radius 2 is 1.56 bits per heavy atom. The van der Waals surface area contributed by atoms with Gasteiger partial charge >= 0.3 is 0 Å². The summed E-state index contributed by atoms with van der Waals surface area (Å²) in [6.07, 6.45) is 17.2. The lowest BCUT2D eigenvalue weighted by molar-refractivity contribution is -0.206. The predicted molar refractivity (Wildman–Crippen MR) is 149 cm³/mol. The third-order valence-corrected chi connectivity index (χ3v) is 7.45. The molecule has 4 heteroatoms. The molecule has 1 saturated heterocycles. The summed E-state index contributed by atoms with van der Waals surface area (Å²) in [7, 11) is 0. The molecule has 0 bridgehead atoms. The van der Waals surface area contributed by atoms with Crippen LogP contribution in [0.1, 0.15) is 110 Å². The second kappa shape index (κ2) is 16.8. The molecule has 4 nitrogen and oxygen atoms in total. The van der Waals surface area contributed by atoms with E-state index in [-0.39, 0.29) is 6.29 Å². The van der Waals surface area contributed by atoms with Gasteiger partial charge in [-0.05, 0) is 55.5 Å². The third kappa shape index (κ3) is 10.2. The summed E-state index contributed by atoms with van der Waals surface area (Å²) < 4.78 is 18.0. The second-order valence-corrected chi connectivity index (χ2v) is 10.6. The van der Waals surface area contributed by atoms with Crippen LogP contribution in [0, 0.1) is 11.8 Å². The van der Waals surface area contributed by atoms with Crippen molar-refractivity contribution in [3.05, 3.63) is 48.2 Å². The molecule has 200 valence electrons. The second-order valence-electron chi connectivity index (χ2n) is 10.6. The molecule has 3 rings (SSSR count). The molecule has 0 saturated carbocycles. The Morgan fingerprint density at radius 1 is 0.861 bits per heavy atom. The van der Waals surface area contributed by atoms with Crippen LogP contribution in [0.25, 0.3) is 11.3 Å². The number of unbranched alkanes of at least 4 members (excludes halogenated alkanes) is 7. The molecule has 0 amide bonds. The van der Waals surface area contributed by atoms with Crippen molar-refractivity contribution >= 4 is 0 Å². The number of rotatable bonds is 17. The van der Waals surface area contributed by atoms with Gasteiger partial charge in [0.25, 0.3) is 0 Å². The standard InChI is InChI=1S/C32H49NO3/c1-4-6-7-8-9-10-11-12-15-27-24-35-32(36-25-27)29-18-21-31(33-23-29)28-16-19-30(20-17-28)34-22-13-14-26(3)5-2/h16-21,23,26-27,32H,4-15,22,24-25H2,1-3H3/t26-,27?,32?/m0/s1. The highest BCUT2D eigenvalue weighted by molar-refractivity contribution is 5.60. The lowest BCUT2D eigenvalue weighted by Crippen LogP contribution is -2.27. The Balaban J connectivity index is 1.34. The fraction of sp³-hybridized carbons (Fsp3) is 0.656. The zero-order valence-corrected chi connectivity index (χ0v) is 23.1. The van der Waals surface area contributed by atoms with Gasteiger partial charge in [-0.2, -0.15) is 0 Å². The maximum atomic E-state index is 6.05. The Bertz CT molecular complexity index is 812. The SMILES string of the molecule is CCCCCCCCCCC1COC(c2ccc(-c3ccc(OCCC[C@@H](C)CC)cc3)nc2)OC1. The molecule has 2 aromatic rings. The highest BCUT2D eigenvalue weighted by Gasteiger charge is 2.23. The first-order chi connectivity index (χ1) is 17.7. The summed E-state index contributed by atoms with van der Waals surface area (Å²) in [6.45, 7) is 9.15. The van der Waals surface area contributed by atoms with Gasteiger partial charge in [0.05, 0.1) is 25.5 Å². The van der Waals surface area contributed by atoms with Gasteiger partial charge in [-0.1, -0.05) is 84.6 Å². The van der Waals surface area contributed by atoms with Gasteiger partial charge in [0.2, 0.25) is 0 Å². The number of pyridine rings is 1. The number of hydrogen-bond acceptors (Lipinski definition) is 4. The highest BCUT2D eigenvalue weighted by atomic mass is 16.7. The molecule has 0 radical (unpaired) electrons. The Hall–Kier alpha value is -1.91. The molecule has 0 aliphatic carbocycles. The highest BCUT2D eigenvalue weighted by Crippen LogP contribution is 2.29. The van der Waals surface area contributed by atoms with E-state index in [2.05, 4.69) is 50.0 Å². The van der Waals surface area contributed by atoms with Crippen LogP contribution in [-0.2, 0) is 9.47 Å². The first-order valence-corrected chi connectivity index (χ1v) is 14.6. The first kappa shape index (κ1) is 28.7. The average molecular weight is 496 g/mol. The van der Waals surface area contributed by atoms with Crippen LogP contribution in [-0.4, -0.2) is 24.8 Å². The normalized spacial score (nSPS) is 18.8. The minimum atomic E-state index is -0.299. The van der Waals surface area contributed by atoms with E-state index in [1.807, 2.05) is 18.3 Å². The molecule has 0 unspecified atom stereocenters. The topological polar surface area (TPSA) is 40.6 Å². The summed E-state index contributed by atoms with van der Waals surface area (Å²) in [5.74, 6) is 2.21. The van der Waals surface area contributed by atoms with E-state index < -0.39 is 0 Å². The van der Waals surface area contributed by atoms with E-state index in [0.29, 0.717) is 5.92 Å². The van der Waals surface area contributed by atoms with E-state index in [0.717, 1.165) is 54.7 Å². The summed E-state index contributed by atoms with van der Waals surface area (Å²) in [5.41, 5.74) is 3.03. The van der Waals surface area contributed by atoms with Crippen molar-refractivity contribution in [3.63, 3.8) is 0 Å². The molecule has 1 aromatic carbocycles. The van der Waals surface area contributed by atoms with Gasteiger partial charge in [0, 0.05) is 23.2 Å². The van der Waals surface area contributed by atoms with E-state index in [1.165, 1.54) is 70.6 Å².